The van der Waals surface area contributed by atoms with Gasteiger partial charge in [0.2, 0.25) is 0 Å². The molecule has 0 aromatic carbocycles. The van der Waals surface area contributed by atoms with E-state index in [1.165, 1.54) is 18.9 Å². The van der Waals surface area contributed by atoms with Crippen LogP contribution in [0.2, 0.25) is 0 Å². The van der Waals surface area contributed by atoms with Crippen molar-refractivity contribution < 1.29 is 14.6 Å². The Kier molecular flexibility index (Phi) is 4.31. The van der Waals surface area contributed by atoms with Gasteiger partial charge in [0.25, 0.3) is 0 Å². The van der Waals surface area contributed by atoms with Crippen LogP contribution in [0.1, 0.15) is 35.4 Å². The van der Waals surface area contributed by atoms with Crippen LogP contribution in [-0.2, 0) is 0 Å². The Morgan fingerprint density at radius 3 is 3.00 bits per heavy atom. The number of rotatable bonds is 4. The summed E-state index contributed by atoms with van der Waals surface area (Å²) >= 11 is 0. The van der Waals surface area contributed by atoms with Crippen LogP contribution in [0.3, 0.4) is 0 Å². The van der Waals surface area contributed by atoms with Crippen molar-refractivity contribution in [1.82, 2.24) is 14.9 Å². The zero-order valence-electron chi connectivity index (χ0n) is 11.3. The average molecular weight is 265 g/mol. The number of aromatic carboxylic acids is 1. The van der Waals surface area contributed by atoms with E-state index in [0.717, 1.165) is 13.0 Å². The summed E-state index contributed by atoms with van der Waals surface area (Å²) in [7, 11) is 2.08. The van der Waals surface area contributed by atoms with Gasteiger partial charge in [-0.2, -0.15) is 4.98 Å². The molecule has 1 unspecified atom stereocenters. The smallest absolute Gasteiger partial charge is 0.354 e. The standard InChI is InChI=1S/C13H19N3O3/c1-9-7-11(12(17)18)15-13(14-9)19-8-10-5-3-4-6-16(10)2/h7,10H,3-6,8H2,1-2H3,(H,17,18). The third-order valence-electron chi connectivity index (χ3n) is 3.38. The second-order valence-corrected chi connectivity index (χ2v) is 4.92. The van der Waals surface area contributed by atoms with Gasteiger partial charge >= 0.3 is 12.0 Å². The summed E-state index contributed by atoms with van der Waals surface area (Å²) in [6, 6.07) is 1.93. The van der Waals surface area contributed by atoms with E-state index in [4.69, 9.17) is 9.84 Å². The maximum absolute atomic E-state index is 10.9. The highest BCUT2D eigenvalue weighted by atomic mass is 16.5. The molecule has 104 valence electrons. The number of likely N-dealkylation sites (tertiary alicyclic amines) is 1. The van der Waals surface area contributed by atoms with Crippen LogP contribution in [0.4, 0.5) is 0 Å². The molecule has 0 spiro atoms. The molecule has 6 heteroatoms. The van der Waals surface area contributed by atoms with Crippen LogP contribution in [0.25, 0.3) is 0 Å². The van der Waals surface area contributed by atoms with Gasteiger partial charge in [0.1, 0.15) is 6.61 Å². The minimum Gasteiger partial charge on any atom is -0.477 e. The highest BCUT2D eigenvalue weighted by Gasteiger charge is 2.20. The number of carboxylic acid groups (broad SMARTS) is 1. The molecule has 1 saturated heterocycles. The zero-order valence-corrected chi connectivity index (χ0v) is 11.3. The maximum Gasteiger partial charge on any atom is 0.354 e. The third kappa shape index (κ3) is 3.64. The fraction of sp³-hybridized carbons (Fsp3) is 0.615. The molecule has 1 N–H and O–H groups in total. The Morgan fingerprint density at radius 1 is 1.53 bits per heavy atom. The molecule has 19 heavy (non-hydrogen) atoms. The lowest BCUT2D eigenvalue weighted by Crippen LogP contribution is -2.40. The number of ether oxygens (including phenoxy) is 1. The molecule has 0 bridgehead atoms. The molecule has 2 rings (SSSR count). The van der Waals surface area contributed by atoms with Crippen molar-refractivity contribution in [2.45, 2.75) is 32.2 Å². The fourth-order valence-corrected chi connectivity index (χ4v) is 2.24. The maximum atomic E-state index is 10.9. The normalized spacial score (nSPS) is 20.2. The second-order valence-electron chi connectivity index (χ2n) is 4.92. The van der Waals surface area contributed by atoms with Gasteiger partial charge < -0.3 is 14.7 Å². The van der Waals surface area contributed by atoms with E-state index in [2.05, 4.69) is 21.9 Å². The molecule has 1 aromatic rings. The van der Waals surface area contributed by atoms with Gasteiger partial charge in [-0.05, 0) is 39.4 Å². The van der Waals surface area contributed by atoms with Gasteiger partial charge in [0.15, 0.2) is 5.69 Å². The zero-order chi connectivity index (χ0) is 13.8. The Morgan fingerprint density at radius 2 is 2.32 bits per heavy atom. The predicted octanol–water partition coefficient (Wildman–Crippen LogP) is 1.35. The Hall–Kier alpha value is -1.69. The van der Waals surface area contributed by atoms with E-state index in [1.54, 1.807) is 6.92 Å². The number of aromatic nitrogens is 2. The summed E-state index contributed by atoms with van der Waals surface area (Å²) in [5.74, 6) is -1.06. The summed E-state index contributed by atoms with van der Waals surface area (Å²) in [6.07, 6.45) is 3.51. The van der Waals surface area contributed by atoms with Crippen LogP contribution in [0.5, 0.6) is 6.01 Å². The molecule has 0 aliphatic carbocycles. The Labute approximate surface area is 112 Å². The molecule has 0 radical (unpaired) electrons. The molecular formula is C13H19N3O3. The summed E-state index contributed by atoms with van der Waals surface area (Å²) in [5, 5.41) is 8.94. The molecule has 1 fully saturated rings. The van der Waals surface area contributed by atoms with Crippen molar-refractivity contribution in [3.63, 3.8) is 0 Å². The van der Waals surface area contributed by atoms with Gasteiger partial charge in [-0.25, -0.2) is 9.78 Å². The summed E-state index contributed by atoms with van der Waals surface area (Å²) in [6.45, 7) is 3.30. The van der Waals surface area contributed by atoms with Crippen LogP contribution in [0.15, 0.2) is 6.07 Å². The topological polar surface area (TPSA) is 75.6 Å². The largest absolute Gasteiger partial charge is 0.477 e. The first kappa shape index (κ1) is 13.7. The quantitative estimate of drug-likeness (QED) is 0.885. The molecule has 0 amide bonds. The number of nitrogens with zero attached hydrogens (tertiary/aromatic N) is 3. The summed E-state index contributed by atoms with van der Waals surface area (Å²) in [5.41, 5.74) is 0.568. The minimum absolute atomic E-state index is 0.0282. The lowest BCUT2D eigenvalue weighted by atomic mass is 10.0. The number of hydrogen-bond acceptors (Lipinski definition) is 5. The Bertz CT molecular complexity index is 464. The first-order valence-electron chi connectivity index (χ1n) is 6.48. The van der Waals surface area contributed by atoms with Gasteiger partial charge in [-0.3, -0.25) is 0 Å². The molecule has 1 aliphatic heterocycles. The first-order chi connectivity index (χ1) is 9.06. The van der Waals surface area contributed by atoms with Crippen LogP contribution in [-0.4, -0.2) is 52.2 Å². The number of aryl methyl sites for hydroxylation is 1. The van der Waals surface area contributed by atoms with Gasteiger partial charge in [-0.1, -0.05) is 6.42 Å². The molecule has 2 heterocycles. The van der Waals surface area contributed by atoms with Gasteiger partial charge in [0, 0.05) is 11.7 Å². The van der Waals surface area contributed by atoms with E-state index >= 15 is 0 Å². The molecular weight excluding hydrogens is 246 g/mol. The van der Waals surface area contributed by atoms with Crippen molar-refractivity contribution in [2.75, 3.05) is 20.2 Å². The summed E-state index contributed by atoms with van der Waals surface area (Å²) in [4.78, 5) is 21.2. The fourth-order valence-electron chi connectivity index (χ4n) is 2.24. The van der Waals surface area contributed by atoms with Crippen LogP contribution < -0.4 is 4.74 Å². The van der Waals surface area contributed by atoms with Crippen molar-refractivity contribution in [1.29, 1.82) is 0 Å². The van der Waals surface area contributed by atoms with E-state index in [1.807, 2.05) is 0 Å². The number of carboxylic acids is 1. The lowest BCUT2D eigenvalue weighted by Gasteiger charge is -2.31. The van der Waals surface area contributed by atoms with Crippen molar-refractivity contribution in [2.24, 2.45) is 0 Å². The van der Waals surface area contributed by atoms with Gasteiger partial charge in [-0.15, -0.1) is 0 Å². The van der Waals surface area contributed by atoms with E-state index in [-0.39, 0.29) is 11.7 Å². The predicted molar refractivity (Wildman–Crippen MR) is 69.5 cm³/mol. The number of likely N-dealkylation sites (N-methyl/N-ethyl adjacent to an activating group) is 1. The van der Waals surface area contributed by atoms with Crippen LogP contribution >= 0.6 is 0 Å². The average Bonchev–Trinajstić information content (AvgIpc) is 2.37. The molecule has 0 saturated carbocycles. The first-order valence-corrected chi connectivity index (χ1v) is 6.48. The van der Waals surface area contributed by atoms with E-state index in [9.17, 15) is 4.79 Å². The van der Waals surface area contributed by atoms with E-state index in [0.29, 0.717) is 18.3 Å². The minimum atomic E-state index is -1.06. The number of carbonyl (C=O) groups is 1. The number of piperidine rings is 1. The summed E-state index contributed by atoms with van der Waals surface area (Å²) < 4.78 is 5.56. The third-order valence-corrected chi connectivity index (χ3v) is 3.38. The highest BCUT2D eigenvalue weighted by Crippen LogP contribution is 2.16. The van der Waals surface area contributed by atoms with Crippen molar-refractivity contribution in [3.8, 4) is 6.01 Å². The SMILES string of the molecule is Cc1cc(C(=O)O)nc(OCC2CCCCN2C)n1. The van der Waals surface area contributed by atoms with Crippen molar-refractivity contribution in [3.05, 3.63) is 17.5 Å². The highest BCUT2D eigenvalue weighted by molar-refractivity contribution is 5.85. The number of hydrogen-bond donors (Lipinski definition) is 1. The van der Waals surface area contributed by atoms with Gasteiger partial charge in [0.05, 0.1) is 0 Å². The molecule has 1 atom stereocenters. The molecule has 1 aromatic heterocycles. The van der Waals surface area contributed by atoms with Crippen molar-refractivity contribution >= 4 is 5.97 Å². The molecule has 6 nitrogen and oxygen atoms in total. The lowest BCUT2D eigenvalue weighted by molar-refractivity contribution is 0.0687. The van der Waals surface area contributed by atoms with Crippen LogP contribution in [0, 0.1) is 6.92 Å². The second kappa shape index (κ2) is 5.97. The Balaban J connectivity index is 2.00. The van der Waals surface area contributed by atoms with E-state index < -0.39 is 5.97 Å². The monoisotopic (exact) mass is 265 g/mol. The molecule has 1 aliphatic rings.